The summed E-state index contributed by atoms with van der Waals surface area (Å²) in [5.41, 5.74) is 8.20. The van der Waals surface area contributed by atoms with Gasteiger partial charge in [0.05, 0.1) is 18.3 Å². The zero-order chi connectivity index (χ0) is 19.6. The Balaban J connectivity index is 0.000000153. The molecule has 0 spiro atoms. The second-order valence-corrected chi connectivity index (χ2v) is 8.34. The minimum atomic E-state index is -0.198. The molecule has 0 aromatic heterocycles. The molecule has 148 valence electrons. The topological polar surface area (TPSA) is 29.5 Å². The van der Waals surface area contributed by atoms with Crippen molar-refractivity contribution < 1.29 is 9.84 Å². The lowest BCUT2D eigenvalue weighted by Gasteiger charge is -2.20. The molecule has 0 saturated heterocycles. The fraction of sp³-hybridized carbons (Fsp3) is 0.333. The lowest BCUT2D eigenvalue weighted by atomic mass is 10.1. The number of aryl methyl sites for hydroxylation is 3. The number of hydrogen-bond acceptors (Lipinski definition) is 2. The van der Waals surface area contributed by atoms with Crippen LogP contribution in [0.4, 0.5) is 0 Å². The monoisotopic (exact) mass is 384 g/mol. The van der Waals surface area contributed by atoms with Gasteiger partial charge in [-0.1, -0.05) is 72.8 Å². The molecule has 3 atom stereocenters. The molecule has 3 aliphatic rings. The molecule has 3 aromatic carbocycles. The van der Waals surface area contributed by atoms with Gasteiger partial charge < -0.3 is 9.84 Å². The molecule has 3 unspecified atom stereocenters. The molecule has 3 aromatic rings. The summed E-state index contributed by atoms with van der Waals surface area (Å²) in [6, 6.07) is 25.6. The summed E-state index contributed by atoms with van der Waals surface area (Å²) in [5, 5.41) is 9.38. The SMILES string of the molecule is OC1CCc2ccccc21.c1ccc2c(c1)CCC2OC1CCc2ccccc21. The number of aliphatic hydroxyl groups excluding tert-OH is 1. The molecule has 0 heterocycles. The van der Waals surface area contributed by atoms with Crippen molar-refractivity contribution in [3.63, 3.8) is 0 Å². The van der Waals surface area contributed by atoms with E-state index in [1.807, 2.05) is 18.2 Å². The Morgan fingerprint density at radius 3 is 1.48 bits per heavy atom. The van der Waals surface area contributed by atoms with Crippen molar-refractivity contribution in [3.8, 4) is 0 Å². The van der Waals surface area contributed by atoms with Gasteiger partial charge in [-0.2, -0.15) is 0 Å². The van der Waals surface area contributed by atoms with E-state index in [0.29, 0.717) is 12.2 Å². The zero-order valence-corrected chi connectivity index (χ0v) is 16.8. The molecule has 0 aliphatic heterocycles. The molecule has 0 saturated carbocycles. The van der Waals surface area contributed by atoms with Crippen LogP contribution in [0, 0.1) is 0 Å². The molecule has 2 heteroatoms. The summed E-state index contributed by atoms with van der Waals surface area (Å²) < 4.78 is 6.43. The van der Waals surface area contributed by atoms with E-state index in [1.165, 1.54) is 27.8 Å². The van der Waals surface area contributed by atoms with Crippen LogP contribution in [-0.4, -0.2) is 5.11 Å². The van der Waals surface area contributed by atoms with E-state index < -0.39 is 0 Å². The first kappa shape index (κ1) is 18.6. The quantitative estimate of drug-likeness (QED) is 0.583. The first-order valence-electron chi connectivity index (χ1n) is 10.9. The number of hydrogen-bond donors (Lipinski definition) is 1. The summed E-state index contributed by atoms with van der Waals surface area (Å²) in [4.78, 5) is 0. The summed E-state index contributed by atoms with van der Waals surface area (Å²) in [6.45, 7) is 0. The van der Waals surface area contributed by atoms with Crippen LogP contribution in [0.5, 0.6) is 0 Å². The summed E-state index contributed by atoms with van der Waals surface area (Å²) in [7, 11) is 0. The Bertz CT molecular complexity index is 940. The van der Waals surface area contributed by atoms with Crippen LogP contribution in [0.2, 0.25) is 0 Å². The number of ether oxygens (including phenoxy) is 1. The van der Waals surface area contributed by atoms with E-state index in [2.05, 4.69) is 54.6 Å². The predicted molar refractivity (Wildman–Crippen MR) is 116 cm³/mol. The molecular weight excluding hydrogens is 356 g/mol. The van der Waals surface area contributed by atoms with Gasteiger partial charge in [-0.3, -0.25) is 0 Å². The third kappa shape index (κ3) is 3.75. The highest BCUT2D eigenvalue weighted by Gasteiger charge is 2.29. The fourth-order valence-electron chi connectivity index (χ4n) is 5.05. The molecule has 0 amide bonds. The van der Waals surface area contributed by atoms with Crippen molar-refractivity contribution in [2.24, 2.45) is 0 Å². The zero-order valence-electron chi connectivity index (χ0n) is 16.8. The maximum Gasteiger partial charge on any atom is 0.0839 e. The standard InChI is InChI=1S/C18H18O.C9H10O/c1-3-7-15-13(5-1)9-11-17(15)19-18-12-10-14-6-2-4-8-16(14)18;10-9-6-5-7-3-1-2-4-8(7)9/h1-8,17-18H,9-12H2;1-4,9-10H,5-6H2. The van der Waals surface area contributed by atoms with Gasteiger partial charge in [0, 0.05) is 0 Å². The Labute approximate surface area is 173 Å². The third-order valence-corrected chi connectivity index (χ3v) is 6.59. The average Bonchev–Trinajstić information content (AvgIpc) is 3.48. The van der Waals surface area contributed by atoms with Crippen LogP contribution in [-0.2, 0) is 24.0 Å². The van der Waals surface area contributed by atoms with E-state index >= 15 is 0 Å². The summed E-state index contributed by atoms with van der Waals surface area (Å²) >= 11 is 0. The van der Waals surface area contributed by atoms with Crippen molar-refractivity contribution in [3.05, 3.63) is 106 Å². The van der Waals surface area contributed by atoms with Gasteiger partial charge in [-0.25, -0.2) is 0 Å². The molecule has 2 nitrogen and oxygen atoms in total. The Morgan fingerprint density at radius 2 is 0.966 bits per heavy atom. The van der Waals surface area contributed by atoms with Crippen molar-refractivity contribution in [1.82, 2.24) is 0 Å². The van der Waals surface area contributed by atoms with E-state index in [-0.39, 0.29) is 6.10 Å². The van der Waals surface area contributed by atoms with Crippen molar-refractivity contribution >= 4 is 0 Å². The van der Waals surface area contributed by atoms with Crippen LogP contribution in [0.25, 0.3) is 0 Å². The minimum Gasteiger partial charge on any atom is -0.388 e. The van der Waals surface area contributed by atoms with Crippen LogP contribution < -0.4 is 0 Å². The van der Waals surface area contributed by atoms with Crippen LogP contribution in [0.15, 0.2) is 72.8 Å². The number of aliphatic hydroxyl groups is 1. The van der Waals surface area contributed by atoms with Gasteiger partial charge in [0.1, 0.15) is 0 Å². The van der Waals surface area contributed by atoms with E-state index in [9.17, 15) is 5.11 Å². The highest BCUT2D eigenvalue weighted by molar-refractivity contribution is 5.36. The first-order chi connectivity index (χ1) is 14.3. The minimum absolute atomic E-state index is 0.198. The molecule has 29 heavy (non-hydrogen) atoms. The van der Waals surface area contributed by atoms with Crippen molar-refractivity contribution in [2.45, 2.75) is 56.8 Å². The van der Waals surface area contributed by atoms with Crippen molar-refractivity contribution in [2.75, 3.05) is 0 Å². The van der Waals surface area contributed by atoms with Gasteiger partial charge >= 0.3 is 0 Å². The van der Waals surface area contributed by atoms with Crippen LogP contribution >= 0.6 is 0 Å². The van der Waals surface area contributed by atoms with Crippen molar-refractivity contribution in [1.29, 1.82) is 0 Å². The Hall–Kier alpha value is -2.42. The summed E-state index contributed by atoms with van der Waals surface area (Å²) in [5.74, 6) is 0. The highest BCUT2D eigenvalue weighted by Crippen LogP contribution is 2.42. The molecule has 0 bridgehead atoms. The molecule has 3 aliphatic carbocycles. The maximum atomic E-state index is 9.38. The van der Waals surface area contributed by atoms with Gasteiger partial charge in [-0.05, 0) is 71.9 Å². The number of fused-ring (bicyclic) bond motifs is 3. The second-order valence-electron chi connectivity index (χ2n) is 8.34. The average molecular weight is 385 g/mol. The maximum absolute atomic E-state index is 9.38. The largest absolute Gasteiger partial charge is 0.388 e. The van der Waals surface area contributed by atoms with Gasteiger partial charge in [0.15, 0.2) is 0 Å². The van der Waals surface area contributed by atoms with Gasteiger partial charge in [-0.15, -0.1) is 0 Å². The van der Waals surface area contributed by atoms with Crippen LogP contribution in [0.1, 0.15) is 71.0 Å². The highest BCUT2D eigenvalue weighted by atomic mass is 16.5. The smallest absolute Gasteiger partial charge is 0.0839 e. The lowest BCUT2D eigenvalue weighted by Crippen LogP contribution is -2.05. The fourth-order valence-corrected chi connectivity index (χ4v) is 5.05. The number of rotatable bonds is 2. The first-order valence-corrected chi connectivity index (χ1v) is 10.9. The molecule has 0 fully saturated rings. The Kier molecular flexibility index (Phi) is 5.22. The van der Waals surface area contributed by atoms with E-state index in [0.717, 1.165) is 44.1 Å². The molecule has 1 N–H and O–H groups in total. The normalized spacial score (nSPS) is 23.7. The third-order valence-electron chi connectivity index (χ3n) is 6.59. The van der Waals surface area contributed by atoms with E-state index in [1.54, 1.807) is 0 Å². The van der Waals surface area contributed by atoms with E-state index in [4.69, 9.17) is 4.74 Å². The lowest BCUT2D eigenvalue weighted by molar-refractivity contribution is -0.0129. The van der Waals surface area contributed by atoms with Gasteiger partial charge in [0.25, 0.3) is 0 Å². The summed E-state index contributed by atoms with van der Waals surface area (Å²) in [6.07, 6.45) is 6.94. The van der Waals surface area contributed by atoms with Crippen LogP contribution in [0.3, 0.4) is 0 Å². The number of benzene rings is 3. The molecular formula is C27H28O2. The Morgan fingerprint density at radius 1 is 0.552 bits per heavy atom. The van der Waals surface area contributed by atoms with Gasteiger partial charge in [0.2, 0.25) is 0 Å². The molecule has 0 radical (unpaired) electrons. The second kappa shape index (κ2) is 8.14. The molecule has 6 rings (SSSR count). The predicted octanol–water partition coefficient (Wildman–Crippen LogP) is 6.04.